The summed E-state index contributed by atoms with van der Waals surface area (Å²) in [5.74, 6) is 0.929. The SMILES string of the molecule is CC(C)(C)CNc1ccc(Br)cn1. The maximum atomic E-state index is 4.22. The van der Waals surface area contributed by atoms with Crippen LogP contribution in [0, 0.1) is 5.41 Å². The molecule has 72 valence electrons. The molecule has 1 N–H and O–H groups in total. The second-order valence-electron chi connectivity index (χ2n) is 4.28. The van der Waals surface area contributed by atoms with Gasteiger partial charge in [0.1, 0.15) is 5.82 Å². The van der Waals surface area contributed by atoms with E-state index in [0.717, 1.165) is 16.8 Å². The molecule has 13 heavy (non-hydrogen) atoms. The van der Waals surface area contributed by atoms with Crippen molar-refractivity contribution in [2.75, 3.05) is 11.9 Å². The van der Waals surface area contributed by atoms with Crippen LogP contribution >= 0.6 is 15.9 Å². The van der Waals surface area contributed by atoms with E-state index >= 15 is 0 Å². The third-order valence-corrected chi connectivity index (χ3v) is 2.00. The molecule has 1 aromatic rings. The molecule has 1 heterocycles. The first-order valence-electron chi connectivity index (χ1n) is 4.33. The molecule has 1 aromatic heterocycles. The van der Waals surface area contributed by atoms with Crippen LogP contribution in [0.2, 0.25) is 0 Å². The van der Waals surface area contributed by atoms with Crippen molar-refractivity contribution in [2.24, 2.45) is 5.41 Å². The van der Waals surface area contributed by atoms with E-state index in [4.69, 9.17) is 0 Å². The molecule has 0 atom stereocenters. The normalized spacial score (nSPS) is 11.4. The van der Waals surface area contributed by atoms with Crippen LogP contribution in [0.15, 0.2) is 22.8 Å². The Morgan fingerprint density at radius 3 is 2.54 bits per heavy atom. The molecular weight excluding hydrogens is 228 g/mol. The highest BCUT2D eigenvalue weighted by molar-refractivity contribution is 9.10. The quantitative estimate of drug-likeness (QED) is 0.861. The number of pyridine rings is 1. The van der Waals surface area contributed by atoms with Crippen LogP contribution in [0.4, 0.5) is 5.82 Å². The Bertz CT molecular complexity index is 261. The Morgan fingerprint density at radius 2 is 2.08 bits per heavy atom. The van der Waals surface area contributed by atoms with Gasteiger partial charge in [0.05, 0.1) is 0 Å². The second-order valence-corrected chi connectivity index (χ2v) is 5.19. The lowest BCUT2D eigenvalue weighted by Gasteiger charge is -2.18. The van der Waals surface area contributed by atoms with E-state index in [0.29, 0.717) is 0 Å². The number of aromatic nitrogens is 1. The minimum absolute atomic E-state index is 0.286. The number of rotatable bonds is 2. The Balaban J connectivity index is 2.51. The molecule has 0 aliphatic rings. The van der Waals surface area contributed by atoms with Crippen LogP contribution in [0.25, 0.3) is 0 Å². The predicted molar refractivity (Wildman–Crippen MR) is 59.9 cm³/mol. The molecule has 0 amide bonds. The number of nitrogens with one attached hydrogen (secondary N) is 1. The van der Waals surface area contributed by atoms with Gasteiger partial charge in [-0.1, -0.05) is 20.8 Å². The molecule has 0 radical (unpaired) electrons. The van der Waals surface area contributed by atoms with Crippen molar-refractivity contribution in [3.05, 3.63) is 22.8 Å². The van der Waals surface area contributed by atoms with E-state index in [2.05, 4.69) is 47.0 Å². The van der Waals surface area contributed by atoms with Gasteiger partial charge in [-0.2, -0.15) is 0 Å². The smallest absolute Gasteiger partial charge is 0.125 e. The van der Waals surface area contributed by atoms with Crippen molar-refractivity contribution in [1.82, 2.24) is 4.98 Å². The van der Waals surface area contributed by atoms with E-state index in [1.54, 1.807) is 6.20 Å². The summed E-state index contributed by atoms with van der Waals surface area (Å²) in [5.41, 5.74) is 0.286. The molecule has 2 nitrogen and oxygen atoms in total. The Labute approximate surface area is 87.9 Å². The van der Waals surface area contributed by atoms with Crippen LogP contribution < -0.4 is 5.32 Å². The summed E-state index contributed by atoms with van der Waals surface area (Å²) in [6.45, 7) is 7.51. The Hall–Kier alpha value is -0.570. The summed E-state index contributed by atoms with van der Waals surface area (Å²) < 4.78 is 1.01. The topological polar surface area (TPSA) is 24.9 Å². The first-order chi connectivity index (χ1) is 5.97. The van der Waals surface area contributed by atoms with Crippen molar-refractivity contribution in [1.29, 1.82) is 0 Å². The number of hydrogen-bond donors (Lipinski definition) is 1. The zero-order valence-electron chi connectivity index (χ0n) is 8.26. The molecule has 0 aliphatic heterocycles. The summed E-state index contributed by atoms with van der Waals surface area (Å²) in [4.78, 5) is 4.22. The summed E-state index contributed by atoms with van der Waals surface area (Å²) in [7, 11) is 0. The molecule has 0 saturated carbocycles. The molecule has 0 spiro atoms. The van der Waals surface area contributed by atoms with Crippen molar-refractivity contribution < 1.29 is 0 Å². The van der Waals surface area contributed by atoms with Gasteiger partial charge in [0.2, 0.25) is 0 Å². The lowest BCUT2D eigenvalue weighted by Crippen LogP contribution is -2.19. The van der Waals surface area contributed by atoms with Crippen molar-refractivity contribution >= 4 is 21.7 Å². The highest BCUT2D eigenvalue weighted by atomic mass is 79.9. The average Bonchev–Trinajstić information content (AvgIpc) is 2.02. The van der Waals surface area contributed by atoms with Gasteiger partial charge in [0, 0.05) is 17.2 Å². The fourth-order valence-corrected chi connectivity index (χ4v) is 1.07. The molecule has 3 heteroatoms. The van der Waals surface area contributed by atoms with Gasteiger partial charge >= 0.3 is 0 Å². The van der Waals surface area contributed by atoms with Crippen LogP contribution in [-0.2, 0) is 0 Å². The summed E-state index contributed by atoms with van der Waals surface area (Å²) in [6, 6.07) is 3.95. The standard InChI is InChI=1S/C10H15BrN2/c1-10(2,3)7-13-9-5-4-8(11)6-12-9/h4-6H,7H2,1-3H3,(H,12,13). The number of anilines is 1. The molecule has 0 bridgehead atoms. The fraction of sp³-hybridized carbons (Fsp3) is 0.500. The Kier molecular flexibility index (Phi) is 3.31. The summed E-state index contributed by atoms with van der Waals surface area (Å²) >= 11 is 3.35. The maximum absolute atomic E-state index is 4.22. The van der Waals surface area contributed by atoms with E-state index in [9.17, 15) is 0 Å². The summed E-state index contributed by atoms with van der Waals surface area (Å²) in [6.07, 6.45) is 1.80. The van der Waals surface area contributed by atoms with Gasteiger partial charge in [-0.05, 0) is 33.5 Å². The highest BCUT2D eigenvalue weighted by Gasteiger charge is 2.09. The third-order valence-electron chi connectivity index (χ3n) is 1.53. The van der Waals surface area contributed by atoms with Crippen molar-refractivity contribution in [3.8, 4) is 0 Å². The first-order valence-corrected chi connectivity index (χ1v) is 5.12. The molecule has 0 unspecified atom stereocenters. The fourth-order valence-electron chi connectivity index (χ4n) is 0.836. The predicted octanol–water partition coefficient (Wildman–Crippen LogP) is 3.30. The zero-order chi connectivity index (χ0) is 9.90. The monoisotopic (exact) mass is 242 g/mol. The molecule has 0 aromatic carbocycles. The van der Waals surface area contributed by atoms with E-state index in [-0.39, 0.29) is 5.41 Å². The van der Waals surface area contributed by atoms with Gasteiger partial charge < -0.3 is 5.32 Å². The van der Waals surface area contributed by atoms with E-state index in [1.807, 2.05) is 12.1 Å². The van der Waals surface area contributed by atoms with Gasteiger partial charge in [-0.3, -0.25) is 0 Å². The molecular formula is C10H15BrN2. The van der Waals surface area contributed by atoms with E-state index < -0.39 is 0 Å². The van der Waals surface area contributed by atoms with Gasteiger partial charge in [0.15, 0.2) is 0 Å². The van der Waals surface area contributed by atoms with Gasteiger partial charge in [-0.15, -0.1) is 0 Å². The Morgan fingerprint density at radius 1 is 1.38 bits per heavy atom. The van der Waals surface area contributed by atoms with Crippen LogP contribution in [0.3, 0.4) is 0 Å². The highest BCUT2D eigenvalue weighted by Crippen LogP contribution is 2.15. The zero-order valence-corrected chi connectivity index (χ0v) is 9.85. The average molecular weight is 243 g/mol. The number of nitrogens with zero attached hydrogens (tertiary/aromatic N) is 1. The van der Waals surface area contributed by atoms with Gasteiger partial charge in [0.25, 0.3) is 0 Å². The second kappa shape index (κ2) is 4.09. The summed E-state index contributed by atoms with van der Waals surface area (Å²) in [5, 5.41) is 3.28. The lowest BCUT2D eigenvalue weighted by atomic mass is 9.97. The lowest BCUT2D eigenvalue weighted by molar-refractivity contribution is 0.442. The third kappa shape index (κ3) is 4.27. The van der Waals surface area contributed by atoms with Crippen molar-refractivity contribution in [2.45, 2.75) is 20.8 Å². The van der Waals surface area contributed by atoms with Crippen molar-refractivity contribution in [3.63, 3.8) is 0 Å². The van der Waals surface area contributed by atoms with Gasteiger partial charge in [-0.25, -0.2) is 4.98 Å². The number of hydrogen-bond acceptors (Lipinski definition) is 2. The number of halogens is 1. The minimum atomic E-state index is 0.286. The van der Waals surface area contributed by atoms with Crippen LogP contribution in [0.5, 0.6) is 0 Å². The molecule has 0 saturated heterocycles. The first kappa shape index (κ1) is 10.5. The largest absolute Gasteiger partial charge is 0.370 e. The molecule has 1 rings (SSSR count). The van der Waals surface area contributed by atoms with Crippen LogP contribution in [0.1, 0.15) is 20.8 Å². The maximum Gasteiger partial charge on any atom is 0.125 e. The molecule has 0 aliphatic carbocycles. The van der Waals surface area contributed by atoms with Crippen LogP contribution in [-0.4, -0.2) is 11.5 Å². The molecule has 0 fully saturated rings. The van der Waals surface area contributed by atoms with E-state index in [1.165, 1.54) is 0 Å². The minimum Gasteiger partial charge on any atom is -0.370 e.